The van der Waals surface area contributed by atoms with Gasteiger partial charge in [0.05, 0.1) is 22.6 Å². The van der Waals surface area contributed by atoms with E-state index >= 15 is 0 Å². The molecule has 0 aliphatic rings. The number of thiazole rings is 1. The molecule has 2 heterocycles. The second kappa shape index (κ2) is 6.40. The van der Waals surface area contributed by atoms with Crippen molar-refractivity contribution in [1.29, 1.82) is 0 Å². The molecule has 0 unspecified atom stereocenters. The van der Waals surface area contributed by atoms with Gasteiger partial charge in [0, 0.05) is 31.1 Å². The predicted molar refractivity (Wildman–Crippen MR) is 78.9 cm³/mol. The molecule has 0 spiro atoms. The number of aromatic nitrogens is 4. The Morgan fingerprint density at radius 1 is 1.20 bits per heavy atom. The summed E-state index contributed by atoms with van der Waals surface area (Å²) in [5.74, 6) is 0. The molecule has 0 saturated heterocycles. The van der Waals surface area contributed by atoms with Gasteiger partial charge in [0.1, 0.15) is 0 Å². The first-order chi connectivity index (χ1) is 9.92. The largest absolute Gasteiger partial charge is 0.311 e. The zero-order valence-corrected chi connectivity index (χ0v) is 11.8. The predicted octanol–water partition coefficient (Wildman–Crippen LogP) is 2.06. The molecule has 0 aliphatic carbocycles. The molecule has 1 N–H and O–H groups in total. The molecule has 0 bridgehead atoms. The Kier molecular flexibility index (Phi) is 4.15. The Morgan fingerprint density at radius 2 is 2.10 bits per heavy atom. The van der Waals surface area contributed by atoms with Crippen LogP contribution in [-0.4, -0.2) is 26.5 Å². The average Bonchev–Trinajstić information content (AvgIpc) is 3.16. The Hall–Kier alpha value is -2.05. The Balaban J connectivity index is 1.50. The smallest absolute Gasteiger partial charge is 0.0969 e. The number of nitrogens with zero attached hydrogens (tertiary/aromatic N) is 4. The van der Waals surface area contributed by atoms with Crippen LogP contribution in [0.1, 0.15) is 10.7 Å². The van der Waals surface area contributed by atoms with Crippen LogP contribution in [0.2, 0.25) is 0 Å². The molecule has 0 atom stereocenters. The zero-order valence-electron chi connectivity index (χ0n) is 10.9. The highest BCUT2D eigenvalue weighted by atomic mass is 32.1. The van der Waals surface area contributed by atoms with Crippen molar-refractivity contribution in [2.75, 3.05) is 6.54 Å². The van der Waals surface area contributed by atoms with E-state index in [-0.39, 0.29) is 0 Å². The standard InChI is InChI=1S/C14H15N5S/c1-2-4-13(5-3-1)19-17-11-12(18-19)10-15-7-6-14-16-8-9-20-14/h1-5,8-9,11,15H,6-7,10H2. The minimum absolute atomic E-state index is 0.720. The molecule has 2 aromatic heterocycles. The van der Waals surface area contributed by atoms with Crippen LogP contribution in [0.5, 0.6) is 0 Å². The van der Waals surface area contributed by atoms with Gasteiger partial charge in [0.15, 0.2) is 0 Å². The maximum Gasteiger partial charge on any atom is 0.0969 e. The molecule has 102 valence electrons. The highest BCUT2D eigenvalue weighted by molar-refractivity contribution is 7.09. The number of hydrogen-bond donors (Lipinski definition) is 1. The normalized spacial score (nSPS) is 10.8. The van der Waals surface area contributed by atoms with Crippen molar-refractivity contribution in [3.8, 4) is 5.69 Å². The van der Waals surface area contributed by atoms with Gasteiger partial charge < -0.3 is 5.32 Å². The SMILES string of the molecule is c1ccc(-n2ncc(CNCCc3nccs3)n2)cc1. The third kappa shape index (κ3) is 3.28. The maximum absolute atomic E-state index is 4.45. The minimum atomic E-state index is 0.720. The summed E-state index contributed by atoms with van der Waals surface area (Å²) in [6.45, 7) is 1.61. The van der Waals surface area contributed by atoms with Crippen molar-refractivity contribution in [3.63, 3.8) is 0 Å². The average molecular weight is 285 g/mol. The fourth-order valence-corrected chi connectivity index (χ4v) is 2.47. The first-order valence-corrected chi connectivity index (χ1v) is 7.35. The first kappa shape index (κ1) is 13.0. The van der Waals surface area contributed by atoms with Gasteiger partial charge in [-0.3, -0.25) is 0 Å². The summed E-state index contributed by atoms with van der Waals surface area (Å²) >= 11 is 1.69. The van der Waals surface area contributed by atoms with Crippen molar-refractivity contribution >= 4 is 11.3 Å². The maximum atomic E-state index is 4.45. The lowest BCUT2D eigenvalue weighted by Crippen LogP contribution is -2.17. The Bertz CT molecular complexity index is 633. The van der Waals surface area contributed by atoms with E-state index in [1.54, 1.807) is 22.3 Å². The monoisotopic (exact) mass is 285 g/mol. The number of para-hydroxylation sites is 1. The topological polar surface area (TPSA) is 55.6 Å². The van der Waals surface area contributed by atoms with Crippen LogP contribution in [-0.2, 0) is 13.0 Å². The molecule has 0 saturated carbocycles. The summed E-state index contributed by atoms with van der Waals surface area (Å²) in [5, 5.41) is 15.2. The molecule has 5 nitrogen and oxygen atoms in total. The van der Waals surface area contributed by atoms with Gasteiger partial charge in [-0.2, -0.15) is 15.0 Å². The van der Waals surface area contributed by atoms with Crippen LogP contribution in [0.4, 0.5) is 0 Å². The zero-order chi connectivity index (χ0) is 13.6. The van der Waals surface area contributed by atoms with Crippen LogP contribution < -0.4 is 5.32 Å². The Morgan fingerprint density at radius 3 is 2.90 bits per heavy atom. The summed E-state index contributed by atoms with van der Waals surface area (Å²) in [5.41, 5.74) is 1.91. The molecule has 0 amide bonds. The summed E-state index contributed by atoms with van der Waals surface area (Å²) < 4.78 is 0. The number of nitrogens with one attached hydrogen (secondary N) is 1. The quantitative estimate of drug-likeness (QED) is 0.704. The fourth-order valence-electron chi connectivity index (χ4n) is 1.85. The molecule has 20 heavy (non-hydrogen) atoms. The van der Waals surface area contributed by atoms with Gasteiger partial charge in [-0.1, -0.05) is 18.2 Å². The van der Waals surface area contributed by atoms with E-state index in [0.29, 0.717) is 0 Å². The molecule has 3 rings (SSSR count). The third-order valence-corrected chi connectivity index (χ3v) is 3.67. The Labute approximate surface area is 121 Å². The van der Waals surface area contributed by atoms with E-state index in [4.69, 9.17) is 0 Å². The summed E-state index contributed by atoms with van der Waals surface area (Å²) in [6.07, 6.45) is 4.58. The molecule has 6 heteroatoms. The van der Waals surface area contributed by atoms with Crippen LogP contribution in [0.15, 0.2) is 48.1 Å². The van der Waals surface area contributed by atoms with E-state index in [0.717, 1.165) is 35.9 Å². The minimum Gasteiger partial charge on any atom is -0.311 e. The number of hydrogen-bond acceptors (Lipinski definition) is 5. The van der Waals surface area contributed by atoms with Crippen LogP contribution >= 0.6 is 11.3 Å². The molecule has 0 radical (unpaired) electrons. The lowest BCUT2D eigenvalue weighted by molar-refractivity contribution is 0.658. The summed E-state index contributed by atoms with van der Waals surface area (Å²) in [6, 6.07) is 9.91. The van der Waals surface area contributed by atoms with Crippen molar-refractivity contribution in [2.45, 2.75) is 13.0 Å². The highest BCUT2D eigenvalue weighted by Crippen LogP contribution is 2.05. The van der Waals surface area contributed by atoms with E-state index < -0.39 is 0 Å². The van der Waals surface area contributed by atoms with E-state index in [1.807, 2.05) is 41.9 Å². The molecular formula is C14H15N5S. The van der Waals surface area contributed by atoms with Gasteiger partial charge in [0.2, 0.25) is 0 Å². The second-order valence-corrected chi connectivity index (χ2v) is 5.29. The summed E-state index contributed by atoms with van der Waals surface area (Å²) in [7, 11) is 0. The van der Waals surface area contributed by atoms with Gasteiger partial charge >= 0.3 is 0 Å². The first-order valence-electron chi connectivity index (χ1n) is 6.47. The van der Waals surface area contributed by atoms with Crippen LogP contribution in [0.25, 0.3) is 5.69 Å². The van der Waals surface area contributed by atoms with E-state index in [1.165, 1.54) is 0 Å². The number of rotatable bonds is 6. The van der Waals surface area contributed by atoms with Gasteiger partial charge in [-0.05, 0) is 12.1 Å². The lowest BCUT2D eigenvalue weighted by atomic mass is 10.3. The highest BCUT2D eigenvalue weighted by Gasteiger charge is 2.02. The van der Waals surface area contributed by atoms with Crippen molar-refractivity contribution < 1.29 is 0 Å². The second-order valence-electron chi connectivity index (χ2n) is 4.31. The summed E-state index contributed by atoms with van der Waals surface area (Å²) in [4.78, 5) is 5.90. The third-order valence-electron chi connectivity index (χ3n) is 2.83. The van der Waals surface area contributed by atoms with Crippen LogP contribution in [0.3, 0.4) is 0 Å². The van der Waals surface area contributed by atoms with Crippen molar-refractivity contribution in [1.82, 2.24) is 25.3 Å². The van der Waals surface area contributed by atoms with E-state index in [9.17, 15) is 0 Å². The van der Waals surface area contributed by atoms with Crippen LogP contribution in [0, 0.1) is 0 Å². The number of benzene rings is 1. The van der Waals surface area contributed by atoms with Crippen molar-refractivity contribution in [3.05, 3.63) is 58.8 Å². The van der Waals surface area contributed by atoms with Crippen molar-refractivity contribution in [2.24, 2.45) is 0 Å². The fraction of sp³-hybridized carbons (Fsp3) is 0.214. The van der Waals surface area contributed by atoms with Gasteiger partial charge in [-0.15, -0.1) is 11.3 Å². The molecular weight excluding hydrogens is 270 g/mol. The molecule has 3 aromatic rings. The molecule has 0 fully saturated rings. The lowest BCUT2D eigenvalue weighted by Gasteiger charge is -2.00. The van der Waals surface area contributed by atoms with Gasteiger partial charge in [-0.25, -0.2) is 4.98 Å². The molecule has 1 aromatic carbocycles. The molecule has 0 aliphatic heterocycles. The van der Waals surface area contributed by atoms with Gasteiger partial charge in [0.25, 0.3) is 0 Å². The van der Waals surface area contributed by atoms with E-state index in [2.05, 4.69) is 20.5 Å².